The highest BCUT2D eigenvalue weighted by Crippen LogP contribution is 2.46. The predicted octanol–water partition coefficient (Wildman–Crippen LogP) is 3.76. The number of likely N-dealkylation sites (tertiary alicyclic amines) is 1. The van der Waals surface area contributed by atoms with Crippen LogP contribution in [0.25, 0.3) is 0 Å². The van der Waals surface area contributed by atoms with Gasteiger partial charge in [0.15, 0.2) is 0 Å². The monoisotopic (exact) mass is 532 g/mol. The van der Waals surface area contributed by atoms with Crippen molar-refractivity contribution in [2.24, 2.45) is 5.92 Å². The molecule has 5 rings (SSSR count). The summed E-state index contributed by atoms with van der Waals surface area (Å²) in [6.45, 7) is -0.111. The summed E-state index contributed by atoms with van der Waals surface area (Å²) >= 11 is 0. The van der Waals surface area contributed by atoms with Crippen molar-refractivity contribution in [1.29, 1.82) is 5.41 Å². The van der Waals surface area contributed by atoms with Crippen LogP contribution >= 0.6 is 0 Å². The zero-order chi connectivity index (χ0) is 27.2. The van der Waals surface area contributed by atoms with Crippen LogP contribution in [0, 0.1) is 17.1 Å². The lowest BCUT2D eigenvalue weighted by molar-refractivity contribution is -0.274. The number of halogens is 4. The molecule has 0 aromatic heterocycles. The largest absolute Gasteiger partial charge is 0.573 e. The Labute approximate surface area is 214 Å². The van der Waals surface area contributed by atoms with Gasteiger partial charge in [-0.1, -0.05) is 18.9 Å². The second-order valence-electron chi connectivity index (χ2n) is 9.91. The molecule has 3 aliphatic rings. The Balaban J connectivity index is 1.39. The van der Waals surface area contributed by atoms with E-state index >= 15 is 0 Å². The van der Waals surface area contributed by atoms with Crippen molar-refractivity contribution in [3.8, 4) is 5.75 Å². The maximum absolute atomic E-state index is 14.1. The molecule has 2 aliphatic heterocycles. The average Bonchev–Trinajstić information content (AvgIpc) is 3.53. The standard InChI is InChI=1S/C26H24F4N4O4/c27-16-6-7-20-19(10-16)25(24(37)33-20)11-17(12-31)34(13-25)23(36)21(8-14-4-5-14)32-22(35)15-2-1-3-18(9-15)38-26(28,29)30/h1-3,6-7,9-10,12,14,17,21,31H,4-5,8,11,13H2,(H,32,35)(H,33,37)/t17-,21-,25-/m0/s1. The Morgan fingerprint density at radius 1 is 1.24 bits per heavy atom. The lowest BCUT2D eigenvalue weighted by atomic mass is 9.79. The molecule has 3 atom stereocenters. The van der Waals surface area contributed by atoms with E-state index in [-0.39, 0.29) is 24.4 Å². The molecule has 3 N–H and O–H groups in total. The number of hydrogen-bond acceptors (Lipinski definition) is 5. The van der Waals surface area contributed by atoms with E-state index in [0.29, 0.717) is 17.7 Å². The first-order chi connectivity index (χ1) is 18.0. The zero-order valence-corrected chi connectivity index (χ0v) is 20.0. The van der Waals surface area contributed by atoms with Crippen LogP contribution in [0.15, 0.2) is 42.5 Å². The highest BCUT2D eigenvalue weighted by molar-refractivity contribution is 6.08. The van der Waals surface area contributed by atoms with E-state index in [1.165, 1.54) is 35.2 Å². The lowest BCUT2D eigenvalue weighted by Crippen LogP contribution is -2.51. The molecular weight excluding hydrogens is 508 g/mol. The summed E-state index contributed by atoms with van der Waals surface area (Å²) in [5.41, 5.74) is -0.513. The normalized spacial score (nSPS) is 23.1. The molecule has 3 amide bonds. The van der Waals surface area contributed by atoms with Crippen LogP contribution in [-0.2, 0) is 15.0 Å². The maximum Gasteiger partial charge on any atom is 0.573 e. The molecule has 2 heterocycles. The van der Waals surface area contributed by atoms with Gasteiger partial charge in [0.25, 0.3) is 5.91 Å². The summed E-state index contributed by atoms with van der Waals surface area (Å²) in [7, 11) is 0. The Morgan fingerprint density at radius 3 is 2.68 bits per heavy atom. The van der Waals surface area contributed by atoms with Gasteiger partial charge in [0.1, 0.15) is 17.6 Å². The summed E-state index contributed by atoms with van der Waals surface area (Å²) in [6, 6.07) is 6.65. The summed E-state index contributed by atoms with van der Waals surface area (Å²) in [4.78, 5) is 41.1. The van der Waals surface area contributed by atoms with Crippen LogP contribution in [0.2, 0.25) is 0 Å². The molecule has 38 heavy (non-hydrogen) atoms. The molecule has 12 heteroatoms. The van der Waals surface area contributed by atoms with Gasteiger partial charge in [-0.15, -0.1) is 13.2 Å². The number of benzene rings is 2. The molecule has 2 aromatic carbocycles. The minimum Gasteiger partial charge on any atom is -0.406 e. The first-order valence-corrected chi connectivity index (χ1v) is 12.1. The molecule has 0 bridgehead atoms. The van der Waals surface area contributed by atoms with Gasteiger partial charge in [-0.25, -0.2) is 4.39 Å². The van der Waals surface area contributed by atoms with E-state index in [1.54, 1.807) is 0 Å². The van der Waals surface area contributed by atoms with Crippen LogP contribution < -0.4 is 15.4 Å². The number of anilines is 1. The second kappa shape index (κ2) is 9.41. The second-order valence-corrected chi connectivity index (χ2v) is 9.91. The van der Waals surface area contributed by atoms with E-state index < -0.39 is 53.1 Å². The fourth-order valence-electron chi connectivity index (χ4n) is 5.26. The quantitative estimate of drug-likeness (QED) is 0.373. The number of nitrogens with zero attached hydrogens (tertiary/aromatic N) is 1. The Bertz CT molecular complexity index is 1310. The number of ether oxygens (including phenoxy) is 1. The Hall–Kier alpha value is -3.96. The average molecular weight is 532 g/mol. The fourth-order valence-corrected chi connectivity index (χ4v) is 5.26. The number of rotatable bonds is 7. The third-order valence-electron chi connectivity index (χ3n) is 7.25. The molecule has 1 saturated carbocycles. The van der Waals surface area contributed by atoms with Crippen LogP contribution in [-0.4, -0.2) is 53.8 Å². The number of nitrogens with one attached hydrogen (secondary N) is 3. The molecular formula is C26H24F4N4O4. The van der Waals surface area contributed by atoms with Gasteiger partial charge in [0, 0.05) is 24.0 Å². The Morgan fingerprint density at radius 2 is 2.00 bits per heavy atom. The number of carbonyl (C=O) groups is 3. The van der Waals surface area contributed by atoms with E-state index in [2.05, 4.69) is 15.4 Å². The van der Waals surface area contributed by atoms with Crippen molar-refractivity contribution in [2.45, 2.75) is 49.5 Å². The topological polar surface area (TPSA) is 112 Å². The van der Waals surface area contributed by atoms with Crippen molar-refractivity contribution in [2.75, 3.05) is 11.9 Å². The molecule has 2 aromatic rings. The fraction of sp³-hybridized carbons (Fsp3) is 0.385. The van der Waals surface area contributed by atoms with E-state index in [4.69, 9.17) is 5.41 Å². The molecule has 1 aliphatic carbocycles. The van der Waals surface area contributed by atoms with E-state index in [9.17, 15) is 31.9 Å². The molecule has 1 spiro atoms. The van der Waals surface area contributed by atoms with Crippen LogP contribution in [0.3, 0.4) is 0 Å². The van der Waals surface area contributed by atoms with Crippen LogP contribution in [0.1, 0.15) is 41.6 Å². The first-order valence-electron chi connectivity index (χ1n) is 12.1. The summed E-state index contributed by atoms with van der Waals surface area (Å²) in [5.74, 6) is -2.60. The van der Waals surface area contributed by atoms with E-state index in [1.807, 2.05) is 0 Å². The molecule has 0 radical (unpaired) electrons. The Kier molecular flexibility index (Phi) is 6.36. The predicted molar refractivity (Wildman–Crippen MR) is 127 cm³/mol. The zero-order valence-electron chi connectivity index (χ0n) is 20.0. The maximum atomic E-state index is 14.1. The summed E-state index contributed by atoms with van der Waals surface area (Å²) < 4.78 is 55.8. The van der Waals surface area contributed by atoms with E-state index in [0.717, 1.165) is 31.2 Å². The molecule has 1 saturated heterocycles. The molecule has 2 fully saturated rings. The van der Waals surface area contributed by atoms with Gasteiger partial charge in [0.2, 0.25) is 11.8 Å². The molecule has 200 valence electrons. The summed E-state index contributed by atoms with van der Waals surface area (Å²) in [6.07, 6.45) is -1.78. The highest BCUT2D eigenvalue weighted by atomic mass is 19.4. The third kappa shape index (κ3) is 4.94. The number of amides is 3. The van der Waals surface area contributed by atoms with Crippen molar-refractivity contribution in [3.05, 3.63) is 59.4 Å². The number of carbonyl (C=O) groups excluding carboxylic acids is 3. The SMILES string of the molecule is N=C[C@@H]1C[C@@]2(CN1C(=O)[C@H](CC1CC1)NC(=O)c1cccc(OC(F)(F)F)c1)C(=O)Nc1ccc(F)cc12. The van der Waals surface area contributed by atoms with Crippen LogP contribution in [0.4, 0.5) is 23.2 Å². The lowest BCUT2D eigenvalue weighted by Gasteiger charge is -2.28. The third-order valence-corrected chi connectivity index (χ3v) is 7.25. The van der Waals surface area contributed by atoms with Crippen molar-refractivity contribution < 1.29 is 36.7 Å². The first kappa shape index (κ1) is 25.7. The minimum absolute atomic E-state index is 0.0748. The smallest absolute Gasteiger partial charge is 0.406 e. The number of hydrogen-bond donors (Lipinski definition) is 3. The van der Waals surface area contributed by atoms with Gasteiger partial charge in [-0.2, -0.15) is 0 Å². The number of alkyl halides is 3. The van der Waals surface area contributed by atoms with Gasteiger partial charge in [0.05, 0.1) is 11.5 Å². The van der Waals surface area contributed by atoms with Gasteiger partial charge in [-0.05, 0) is 60.7 Å². The van der Waals surface area contributed by atoms with Crippen molar-refractivity contribution in [3.63, 3.8) is 0 Å². The summed E-state index contributed by atoms with van der Waals surface area (Å²) in [5, 5.41) is 13.3. The minimum atomic E-state index is -4.93. The molecule has 8 nitrogen and oxygen atoms in total. The van der Waals surface area contributed by atoms with Gasteiger partial charge in [-0.3, -0.25) is 14.4 Å². The highest BCUT2D eigenvalue weighted by Gasteiger charge is 2.56. The molecule has 0 unspecified atom stereocenters. The van der Waals surface area contributed by atoms with Crippen molar-refractivity contribution >= 4 is 29.6 Å². The van der Waals surface area contributed by atoms with Crippen molar-refractivity contribution in [1.82, 2.24) is 10.2 Å². The van der Waals surface area contributed by atoms with Crippen LogP contribution in [0.5, 0.6) is 5.75 Å². The number of fused-ring (bicyclic) bond motifs is 2. The van der Waals surface area contributed by atoms with Gasteiger partial charge < -0.3 is 25.7 Å². The van der Waals surface area contributed by atoms with Gasteiger partial charge >= 0.3 is 6.36 Å².